The van der Waals surface area contributed by atoms with E-state index in [-0.39, 0.29) is 46.8 Å². The van der Waals surface area contributed by atoms with Gasteiger partial charge in [0, 0.05) is 35.6 Å². The van der Waals surface area contributed by atoms with Crippen molar-refractivity contribution in [3.63, 3.8) is 0 Å². The first kappa shape index (κ1) is 40.5. The van der Waals surface area contributed by atoms with Gasteiger partial charge in [-0.25, -0.2) is 9.97 Å². The smallest absolute Gasteiger partial charge is 0.240 e. The quantitative estimate of drug-likeness (QED) is 0.0829. The minimum absolute atomic E-state index is 0.0702. The van der Waals surface area contributed by atoms with E-state index in [1.165, 1.54) is 0 Å². The second-order valence-electron chi connectivity index (χ2n) is 17.9. The zero-order chi connectivity index (χ0) is 38.8. The number of amides is 2. The lowest BCUT2D eigenvalue weighted by atomic mass is 9.85. The second-order valence-corrected chi connectivity index (χ2v) is 17.9. The van der Waals surface area contributed by atoms with E-state index in [9.17, 15) is 9.59 Å². The molecule has 0 fully saturated rings. The molecule has 10 heteroatoms. The van der Waals surface area contributed by atoms with Crippen molar-refractivity contribution in [3.8, 4) is 33.6 Å². The van der Waals surface area contributed by atoms with Crippen molar-refractivity contribution >= 4 is 11.8 Å². The number of hydrogen-bond acceptors (Lipinski definition) is 6. The van der Waals surface area contributed by atoms with E-state index >= 15 is 0 Å². The van der Waals surface area contributed by atoms with Crippen LogP contribution in [0.1, 0.15) is 121 Å². The van der Waals surface area contributed by atoms with E-state index in [0.717, 1.165) is 45.3 Å². The molecule has 10 nitrogen and oxygen atoms in total. The Hall–Kier alpha value is -4.28. The Kier molecular flexibility index (Phi) is 12.0. The molecule has 4 rings (SSSR count). The molecule has 2 atom stereocenters. The van der Waals surface area contributed by atoms with Crippen molar-refractivity contribution in [2.24, 2.45) is 10.8 Å². The van der Waals surface area contributed by atoms with Crippen LogP contribution in [-0.4, -0.2) is 54.9 Å². The topological polar surface area (TPSA) is 140 Å². The molecule has 0 aliphatic rings. The summed E-state index contributed by atoms with van der Waals surface area (Å²) in [5, 5.41) is 13.2. The van der Waals surface area contributed by atoms with Crippen LogP contribution < -0.4 is 21.3 Å². The average molecular weight is 711 g/mol. The van der Waals surface area contributed by atoms with Gasteiger partial charge in [-0.3, -0.25) is 9.59 Å². The third kappa shape index (κ3) is 9.98. The Morgan fingerprint density at radius 2 is 0.808 bits per heavy atom. The van der Waals surface area contributed by atoms with E-state index in [1.807, 2.05) is 67.8 Å². The summed E-state index contributed by atoms with van der Waals surface area (Å²) in [6.45, 7) is 28.4. The van der Waals surface area contributed by atoms with Gasteiger partial charge in [0.15, 0.2) is 0 Å². The minimum Gasteiger partial charge on any atom is -0.346 e. The molecule has 0 saturated carbocycles. The molecule has 2 heterocycles. The van der Waals surface area contributed by atoms with Crippen molar-refractivity contribution in [2.75, 3.05) is 0 Å². The first-order valence-corrected chi connectivity index (χ1v) is 18.5. The van der Waals surface area contributed by atoms with Gasteiger partial charge >= 0.3 is 0 Å². The number of aromatic amines is 2. The zero-order valence-electron chi connectivity index (χ0n) is 33.8. The molecular formula is C42H62N8O2. The number of H-pyrrole nitrogens is 2. The molecule has 0 aliphatic carbocycles. The second kappa shape index (κ2) is 15.4. The first-order chi connectivity index (χ1) is 24.0. The molecule has 0 unspecified atom stereocenters. The summed E-state index contributed by atoms with van der Waals surface area (Å²) in [7, 11) is 0. The summed E-state index contributed by atoms with van der Waals surface area (Å²) in [4.78, 5) is 43.1. The number of nitrogens with one attached hydrogen (secondary N) is 6. The maximum atomic E-state index is 13.3. The highest BCUT2D eigenvalue weighted by Gasteiger charge is 2.37. The number of benzene rings is 2. The highest BCUT2D eigenvalue weighted by Crippen LogP contribution is 2.35. The van der Waals surface area contributed by atoms with Crippen LogP contribution in [0.25, 0.3) is 33.6 Å². The van der Waals surface area contributed by atoms with Crippen LogP contribution in [0.2, 0.25) is 0 Å². The van der Waals surface area contributed by atoms with E-state index in [1.54, 1.807) is 0 Å². The lowest BCUT2D eigenvalue weighted by molar-refractivity contribution is -0.129. The number of aromatic nitrogens is 4. The van der Waals surface area contributed by atoms with Crippen molar-refractivity contribution in [1.82, 2.24) is 41.2 Å². The molecule has 6 N–H and O–H groups in total. The highest BCUT2D eigenvalue weighted by atomic mass is 16.2. The minimum atomic E-state index is -0.723. The zero-order valence-corrected chi connectivity index (χ0v) is 33.8. The third-order valence-electron chi connectivity index (χ3n) is 9.15. The fourth-order valence-corrected chi connectivity index (χ4v) is 6.52. The third-order valence-corrected chi connectivity index (χ3v) is 9.15. The molecule has 2 aromatic heterocycles. The number of hydrogen-bond donors (Lipinski definition) is 6. The average Bonchev–Trinajstić information content (AvgIpc) is 3.71. The number of rotatable bonds is 13. The predicted octanol–water partition coefficient (Wildman–Crippen LogP) is 8.09. The lowest BCUT2D eigenvalue weighted by Crippen LogP contribution is -2.56. The molecule has 2 aromatic carbocycles. The number of carbonyl (C=O) groups is 2. The van der Waals surface area contributed by atoms with Crippen molar-refractivity contribution in [1.29, 1.82) is 0 Å². The van der Waals surface area contributed by atoms with Crippen LogP contribution in [0, 0.1) is 10.8 Å². The number of nitrogens with zero attached hydrogens (tertiary/aromatic N) is 2. The SMILES string of the molecule is CC(C)NC(C)(C)C(=O)N[C@H](c1nc(-c2ccc(-c3ccc(-c4c[nH]c([C@@H](NC(=O)C(C)(C)NC(C)C)C(C)(C)C)n4)cc3)cc2)c[nH]1)C(C)(C)C. The highest BCUT2D eigenvalue weighted by molar-refractivity contribution is 5.86. The Balaban J connectivity index is 1.48. The van der Waals surface area contributed by atoms with Crippen LogP contribution in [0.4, 0.5) is 0 Å². The van der Waals surface area contributed by atoms with Gasteiger partial charge in [0.1, 0.15) is 11.6 Å². The number of imidazole rings is 2. The first-order valence-electron chi connectivity index (χ1n) is 18.5. The molecule has 2 amide bonds. The maximum Gasteiger partial charge on any atom is 0.240 e. The summed E-state index contributed by atoms with van der Waals surface area (Å²) < 4.78 is 0. The fraction of sp³-hybridized carbons (Fsp3) is 0.524. The van der Waals surface area contributed by atoms with E-state index in [0.29, 0.717) is 0 Å². The van der Waals surface area contributed by atoms with Crippen molar-refractivity contribution in [3.05, 3.63) is 72.6 Å². The molecule has 282 valence electrons. The normalized spacial score (nSPS) is 14.1. The van der Waals surface area contributed by atoms with Crippen LogP contribution in [0.3, 0.4) is 0 Å². The Morgan fingerprint density at radius 3 is 1.08 bits per heavy atom. The van der Waals surface area contributed by atoms with E-state index in [4.69, 9.17) is 9.97 Å². The van der Waals surface area contributed by atoms with Crippen molar-refractivity contribution in [2.45, 2.75) is 132 Å². The van der Waals surface area contributed by atoms with Gasteiger partial charge in [-0.2, -0.15) is 0 Å². The van der Waals surface area contributed by atoms with Gasteiger partial charge in [-0.05, 0) is 77.3 Å². The van der Waals surface area contributed by atoms with Gasteiger partial charge < -0.3 is 31.2 Å². The standard InChI is InChI=1S/C42H62N8O2/c1-25(2)49-41(11,12)37(51)47-33(39(5,6)7)35-43-23-31(45-35)29-19-15-27(16-20-29)28-17-21-30(22-18-28)32-24-44-36(46-32)34(40(8,9)10)48-38(52)42(13,14)50-26(3)4/h15-26,33-34,49-50H,1-14H3,(H,43,45)(H,44,46)(H,47,51)(H,48,52)/t33-,34-/m1/s1. The predicted molar refractivity (Wildman–Crippen MR) is 212 cm³/mol. The summed E-state index contributed by atoms with van der Waals surface area (Å²) in [5.41, 5.74) is 3.80. The number of carbonyl (C=O) groups excluding carboxylic acids is 2. The van der Waals surface area contributed by atoms with Crippen LogP contribution in [0.15, 0.2) is 60.9 Å². The molecule has 4 aromatic rings. The molecule has 0 saturated heterocycles. The molecule has 0 spiro atoms. The molecule has 0 aliphatic heterocycles. The maximum absolute atomic E-state index is 13.3. The van der Waals surface area contributed by atoms with Crippen LogP contribution in [-0.2, 0) is 9.59 Å². The van der Waals surface area contributed by atoms with Gasteiger partial charge in [0.2, 0.25) is 11.8 Å². The van der Waals surface area contributed by atoms with Gasteiger partial charge in [0.05, 0.1) is 34.5 Å². The van der Waals surface area contributed by atoms with Crippen LogP contribution in [0.5, 0.6) is 0 Å². The molecule has 0 radical (unpaired) electrons. The monoisotopic (exact) mass is 710 g/mol. The largest absolute Gasteiger partial charge is 0.346 e. The fourth-order valence-electron chi connectivity index (χ4n) is 6.52. The van der Waals surface area contributed by atoms with E-state index < -0.39 is 11.1 Å². The van der Waals surface area contributed by atoms with E-state index in [2.05, 4.69) is 121 Å². The van der Waals surface area contributed by atoms with Crippen molar-refractivity contribution < 1.29 is 9.59 Å². The van der Waals surface area contributed by atoms with Crippen LogP contribution >= 0.6 is 0 Å². The molecule has 0 bridgehead atoms. The summed E-state index contributed by atoms with van der Waals surface area (Å²) in [5.74, 6) is 1.31. The Bertz CT molecular complexity index is 1670. The van der Waals surface area contributed by atoms with Gasteiger partial charge in [-0.1, -0.05) is 90.1 Å². The van der Waals surface area contributed by atoms with Gasteiger partial charge in [0.25, 0.3) is 0 Å². The lowest BCUT2D eigenvalue weighted by Gasteiger charge is -2.34. The summed E-state index contributed by atoms with van der Waals surface area (Å²) >= 11 is 0. The summed E-state index contributed by atoms with van der Waals surface area (Å²) in [6.07, 6.45) is 3.80. The van der Waals surface area contributed by atoms with Gasteiger partial charge in [-0.15, -0.1) is 0 Å². The molecular weight excluding hydrogens is 649 g/mol. The Labute approximate surface area is 311 Å². The molecule has 52 heavy (non-hydrogen) atoms. The Morgan fingerprint density at radius 1 is 0.519 bits per heavy atom. The summed E-state index contributed by atoms with van der Waals surface area (Å²) in [6, 6.07) is 16.4.